The number of nitro groups is 1. The molecular formula is C12H16NO11P. The predicted molar refractivity (Wildman–Crippen MR) is 78.5 cm³/mol. The molecule has 0 bridgehead atoms. The van der Waals surface area contributed by atoms with Crippen molar-refractivity contribution in [3.8, 4) is 5.75 Å². The summed E-state index contributed by atoms with van der Waals surface area (Å²) >= 11 is 0. The number of benzene rings is 1. The first-order valence-corrected chi connectivity index (χ1v) is 8.38. The van der Waals surface area contributed by atoms with Crippen LogP contribution in [0.4, 0.5) is 5.69 Å². The fourth-order valence-electron chi connectivity index (χ4n) is 2.26. The molecule has 1 aromatic rings. The first-order valence-electron chi connectivity index (χ1n) is 6.89. The van der Waals surface area contributed by atoms with E-state index in [2.05, 4.69) is 9.05 Å². The number of rotatable bonds is 5. The highest BCUT2D eigenvalue weighted by Crippen LogP contribution is 2.47. The molecule has 25 heavy (non-hydrogen) atoms. The van der Waals surface area contributed by atoms with Crippen molar-refractivity contribution in [1.82, 2.24) is 0 Å². The number of nitro benzene ring substituents is 1. The Morgan fingerprint density at radius 2 is 1.36 bits per heavy atom. The normalized spacial score (nSPS) is 35.0. The van der Waals surface area contributed by atoms with Gasteiger partial charge in [-0.05, 0) is 12.1 Å². The van der Waals surface area contributed by atoms with Crippen molar-refractivity contribution in [3.05, 3.63) is 34.4 Å². The second kappa shape index (κ2) is 7.32. The molecule has 0 aromatic heterocycles. The molecule has 1 aliphatic carbocycles. The molecule has 0 amide bonds. The summed E-state index contributed by atoms with van der Waals surface area (Å²) < 4.78 is 21.2. The van der Waals surface area contributed by atoms with Gasteiger partial charge < -0.3 is 30.1 Å². The van der Waals surface area contributed by atoms with Crippen LogP contribution in [0.25, 0.3) is 0 Å². The molecule has 1 saturated carbocycles. The molecule has 0 aliphatic heterocycles. The molecule has 0 heterocycles. The predicted octanol–water partition coefficient (Wildman–Crippen LogP) is -1.72. The molecule has 12 nitrogen and oxygen atoms in total. The maximum Gasteiger partial charge on any atom is 0.527 e. The highest BCUT2D eigenvalue weighted by Gasteiger charge is 2.51. The molecular weight excluding hydrogens is 365 g/mol. The van der Waals surface area contributed by atoms with E-state index in [1.54, 1.807) is 0 Å². The van der Waals surface area contributed by atoms with Crippen LogP contribution in [0.3, 0.4) is 0 Å². The van der Waals surface area contributed by atoms with Crippen LogP contribution in [0.1, 0.15) is 0 Å². The highest BCUT2D eigenvalue weighted by atomic mass is 31.2. The van der Waals surface area contributed by atoms with E-state index in [0.717, 1.165) is 24.3 Å². The van der Waals surface area contributed by atoms with Crippen LogP contribution in [-0.2, 0) is 9.09 Å². The maximum atomic E-state index is 12.0. The Hall–Kier alpha value is -1.63. The van der Waals surface area contributed by atoms with Crippen molar-refractivity contribution < 1.29 is 49.0 Å². The molecule has 1 aromatic carbocycles. The molecule has 0 saturated heterocycles. The Morgan fingerprint density at radius 1 is 0.920 bits per heavy atom. The Balaban J connectivity index is 2.11. The van der Waals surface area contributed by atoms with Gasteiger partial charge in [-0.25, -0.2) is 4.57 Å². The molecule has 3 unspecified atom stereocenters. The number of non-ortho nitro benzene ring substituents is 1. The fourth-order valence-corrected chi connectivity index (χ4v) is 3.25. The van der Waals surface area contributed by atoms with E-state index in [0.29, 0.717) is 0 Å². The average Bonchev–Trinajstić information content (AvgIpc) is 2.55. The summed E-state index contributed by atoms with van der Waals surface area (Å²) in [5.74, 6) is -0.280. The number of aliphatic hydroxyl groups excluding tert-OH is 5. The summed E-state index contributed by atoms with van der Waals surface area (Å²) in [7, 11) is -4.96. The second-order valence-corrected chi connectivity index (χ2v) is 6.66. The minimum Gasteiger partial charge on any atom is -0.404 e. The largest absolute Gasteiger partial charge is 0.527 e. The smallest absolute Gasteiger partial charge is 0.404 e. The van der Waals surface area contributed by atoms with Crippen molar-refractivity contribution in [3.63, 3.8) is 0 Å². The molecule has 0 radical (unpaired) electrons. The average molecular weight is 381 g/mol. The summed E-state index contributed by atoms with van der Waals surface area (Å²) in [6, 6.07) is 4.05. The SMILES string of the molecule is O=[N+]([O-])c1ccc(OP(=O)(O)OC2[C@H](O)[C@H](O)C(O)[C@H](O)[C@H]2O)cc1. The second-order valence-electron chi connectivity index (χ2n) is 5.33. The zero-order valence-corrected chi connectivity index (χ0v) is 13.3. The van der Waals surface area contributed by atoms with Crippen LogP contribution in [0.15, 0.2) is 24.3 Å². The van der Waals surface area contributed by atoms with Gasteiger partial charge >= 0.3 is 7.82 Å². The fraction of sp³-hybridized carbons (Fsp3) is 0.500. The lowest BCUT2D eigenvalue weighted by Crippen LogP contribution is -2.64. The molecule has 2 rings (SSSR count). The minimum absolute atomic E-state index is 0.280. The van der Waals surface area contributed by atoms with E-state index in [4.69, 9.17) is 0 Å². The van der Waals surface area contributed by atoms with E-state index in [1.807, 2.05) is 0 Å². The molecule has 7 atom stereocenters. The lowest BCUT2D eigenvalue weighted by Gasteiger charge is -2.41. The molecule has 13 heteroatoms. The first kappa shape index (κ1) is 19.7. The molecule has 1 fully saturated rings. The Bertz CT molecular complexity index is 652. The standard InChI is InChI=1S/C12H16NO11P/c14-7-8(15)10(17)12(11(18)9(7)16)24-25(21,22)23-6-3-1-5(2-4-6)13(19)20/h1-4,7-12,14-18H,(H,21,22)/t7?,8-,9+,10-,11-,12?/m1/s1. The zero-order chi connectivity index (χ0) is 18.9. The lowest BCUT2D eigenvalue weighted by molar-refractivity contribution is -0.384. The number of aliphatic hydroxyl groups is 5. The van der Waals surface area contributed by atoms with Gasteiger partial charge in [-0.3, -0.25) is 19.5 Å². The number of phosphoric acid groups is 1. The summed E-state index contributed by atoms with van der Waals surface area (Å²) in [5.41, 5.74) is -0.292. The van der Waals surface area contributed by atoms with E-state index in [9.17, 15) is 45.1 Å². The third-order valence-electron chi connectivity index (χ3n) is 3.60. The molecule has 6 N–H and O–H groups in total. The van der Waals surface area contributed by atoms with E-state index in [1.165, 1.54) is 0 Å². The van der Waals surface area contributed by atoms with Crippen LogP contribution in [0, 0.1) is 10.1 Å². The van der Waals surface area contributed by atoms with Gasteiger partial charge in [0.05, 0.1) is 4.92 Å². The van der Waals surface area contributed by atoms with Crippen molar-refractivity contribution in [2.24, 2.45) is 0 Å². The monoisotopic (exact) mass is 381 g/mol. The van der Waals surface area contributed by atoms with E-state index in [-0.39, 0.29) is 11.4 Å². The van der Waals surface area contributed by atoms with Gasteiger partial charge in [0, 0.05) is 12.1 Å². The van der Waals surface area contributed by atoms with Gasteiger partial charge in [0.1, 0.15) is 42.4 Å². The van der Waals surface area contributed by atoms with Crippen LogP contribution < -0.4 is 4.52 Å². The van der Waals surface area contributed by atoms with Gasteiger partial charge in [-0.2, -0.15) is 0 Å². The molecule has 1 aliphatic rings. The highest BCUT2D eigenvalue weighted by molar-refractivity contribution is 7.47. The summed E-state index contributed by atoms with van der Waals surface area (Å²) in [6.45, 7) is 0. The van der Waals surface area contributed by atoms with Gasteiger partial charge in [-0.1, -0.05) is 0 Å². The topological polar surface area (TPSA) is 200 Å². The number of hydrogen-bond acceptors (Lipinski definition) is 10. The van der Waals surface area contributed by atoms with Crippen LogP contribution in [0.2, 0.25) is 0 Å². The Kier molecular flexibility index (Phi) is 5.76. The summed E-state index contributed by atoms with van der Waals surface area (Å²) in [6.07, 6.45) is -11.7. The lowest BCUT2D eigenvalue weighted by atomic mass is 9.85. The molecule has 0 spiro atoms. The third-order valence-corrected chi connectivity index (χ3v) is 4.55. The van der Waals surface area contributed by atoms with E-state index >= 15 is 0 Å². The Labute approximate surface area is 140 Å². The zero-order valence-electron chi connectivity index (χ0n) is 12.4. The van der Waals surface area contributed by atoms with E-state index < -0.39 is 49.4 Å². The Morgan fingerprint density at radius 3 is 1.80 bits per heavy atom. The van der Waals surface area contributed by atoms with Crippen LogP contribution >= 0.6 is 7.82 Å². The van der Waals surface area contributed by atoms with Crippen molar-refractivity contribution in [2.75, 3.05) is 0 Å². The summed E-state index contributed by atoms with van der Waals surface area (Å²) in [4.78, 5) is 19.5. The van der Waals surface area contributed by atoms with Crippen molar-refractivity contribution in [1.29, 1.82) is 0 Å². The van der Waals surface area contributed by atoms with Crippen LogP contribution in [-0.4, -0.2) is 72.0 Å². The van der Waals surface area contributed by atoms with Crippen molar-refractivity contribution >= 4 is 13.5 Å². The number of hydrogen-bond donors (Lipinski definition) is 6. The van der Waals surface area contributed by atoms with Gasteiger partial charge in [0.15, 0.2) is 0 Å². The quantitative estimate of drug-likeness (QED) is 0.192. The minimum atomic E-state index is -4.96. The van der Waals surface area contributed by atoms with Crippen LogP contribution in [0.5, 0.6) is 5.75 Å². The van der Waals surface area contributed by atoms with Gasteiger partial charge in [0.25, 0.3) is 5.69 Å². The van der Waals surface area contributed by atoms with Gasteiger partial charge in [-0.15, -0.1) is 0 Å². The third kappa shape index (κ3) is 4.32. The van der Waals surface area contributed by atoms with Crippen molar-refractivity contribution in [2.45, 2.75) is 36.6 Å². The maximum absolute atomic E-state index is 12.0. The van der Waals surface area contributed by atoms with Gasteiger partial charge in [0.2, 0.25) is 0 Å². The first-order chi connectivity index (χ1) is 11.5. The molecule has 140 valence electrons. The number of nitrogens with zero attached hydrogens (tertiary/aromatic N) is 1. The number of phosphoric ester groups is 1. The summed E-state index contributed by atoms with van der Waals surface area (Å²) in [5, 5.41) is 58.6.